The molecule has 1 aromatic heterocycles. The molecule has 2 fully saturated rings. The third-order valence-corrected chi connectivity index (χ3v) is 9.71. The van der Waals surface area contributed by atoms with E-state index in [1.807, 2.05) is 0 Å². The van der Waals surface area contributed by atoms with Gasteiger partial charge in [0.2, 0.25) is 17.8 Å². The Labute approximate surface area is 278 Å². The predicted octanol–water partition coefficient (Wildman–Crippen LogP) is 8.47. The molecule has 0 aliphatic carbocycles. The minimum atomic E-state index is -0.106. The Hall–Kier alpha value is -1.67. The zero-order valence-electron chi connectivity index (χ0n) is 31.8. The predicted molar refractivity (Wildman–Crippen MR) is 195 cm³/mol. The molecule has 1 aromatic rings. The lowest BCUT2D eigenvalue weighted by molar-refractivity contribution is 0.157. The highest BCUT2D eigenvalue weighted by molar-refractivity contribution is 5.48. The van der Waals surface area contributed by atoms with Crippen LogP contribution < -0.4 is 25.8 Å². The Balaban J connectivity index is 2.15. The van der Waals surface area contributed by atoms with Crippen LogP contribution in [0.5, 0.6) is 0 Å². The summed E-state index contributed by atoms with van der Waals surface area (Å²) < 4.78 is 0. The molecule has 3 N–H and O–H groups in total. The van der Waals surface area contributed by atoms with Crippen LogP contribution in [-0.2, 0) is 0 Å². The van der Waals surface area contributed by atoms with E-state index in [2.05, 4.69) is 116 Å². The third kappa shape index (κ3) is 11.5. The van der Waals surface area contributed by atoms with Gasteiger partial charge < -0.3 is 25.8 Å². The van der Waals surface area contributed by atoms with Crippen LogP contribution in [0.25, 0.3) is 0 Å². The summed E-state index contributed by atoms with van der Waals surface area (Å²) in [5.74, 6) is 2.40. The molecule has 8 nitrogen and oxygen atoms in total. The maximum Gasteiger partial charge on any atom is 0.232 e. The Morgan fingerprint density at radius 1 is 0.622 bits per heavy atom. The molecule has 2 aliphatic rings. The first-order valence-electron chi connectivity index (χ1n) is 18.5. The highest BCUT2D eigenvalue weighted by Gasteiger charge is 2.43. The topological polar surface area (TPSA) is 81.2 Å². The minimum Gasteiger partial charge on any atom is -0.349 e. The van der Waals surface area contributed by atoms with Crippen molar-refractivity contribution in [2.45, 2.75) is 207 Å². The van der Waals surface area contributed by atoms with Crippen LogP contribution in [0.4, 0.5) is 17.8 Å². The third-order valence-electron chi connectivity index (χ3n) is 9.71. The monoisotopic (exact) mass is 629 g/mol. The van der Waals surface area contributed by atoms with Gasteiger partial charge in [-0.25, -0.2) is 0 Å². The molecule has 0 radical (unpaired) electrons. The Morgan fingerprint density at radius 3 is 1.36 bits per heavy atom. The molecule has 3 rings (SSSR count). The number of nitrogens with one attached hydrogen (secondary N) is 3. The van der Waals surface area contributed by atoms with Crippen LogP contribution >= 0.6 is 0 Å². The molecule has 45 heavy (non-hydrogen) atoms. The Morgan fingerprint density at radius 2 is 1.00 bits per heavy atom. The number of anilines is 3. The van der Waals surface area contributed by atoms with Gasteiger partial charge in [-0.3, -0.25) is 0 Å². The number of piperidine rings is 2. The first kappa shape index (κ1) is 37.8. The second-order valence-corrected chi connectivity index (χ2v) is 17.7. The van der Waals surface area contributed by atoms with Gasteiger partial charge in [0.05, 0.1) is 0 Å². The standard InChI is InChI=1S/C37H72N8/c1-14-17-20-21-33(4,5)41-30-38-31(44(22-18-15-2)28-24-34(6,7)42-35(8,9)25-28)40-32(39-30)45(23-19-16-3)29-26-36(10,11)43-37(12,13)27-29/h28-29,42-43H,14-27H2,1-13H3,(H,38,39,40,41). The van der Waals surface area contributed by atoms with E-state index >= 15 is 0 Å². The number of unbranched alkanes of at least 4 members (excludes halogenated alkanes) is 4. The summed E-state index contributed by atoms with van der Waals surface area (Å²) >= 11 is 0. The SMILES string of the molecule is CCCCCC(C)(C)Nc1nc(N(CCCC)C2CC(C)(C)NC(C)(C)C2)nc(N(CCCC)C2CC(C)(C)NC(C)(C)C2)n1. The van der Waals surface area contributed by atoms with Crippen LogP contribution in [0.3, 0.4) is 0 Å². The second-order valence-electron chi connectivity index (χ2n) is 17.7. The molecule has 2 aliphatic heterocycles. The van der Waals surface area contributed by atoms with Crippen molar-refractivity contribution in [2.24, 2.45) is 0 Å². The lowest BCUT2D eigenvalue weighted by Gasteiger charge is -2.50. The molecule has 0 unspecified atom stereocenters. The quantitative estimate of drug-likeness (QED) is 0.157. The van der Waals surface area contributed by atoms with Gasteiger partial charge in [-0.1, -0.05) is 52.9 Å². The van der Waals surface area contributed by atoms with Gasteiger partial charge >= 0.3 is 0 Å². The fourth-order valence-electron chi connectivity index (χ4n) is 8.38. The van der Waals surface area contributed by atoms with Crippen molar-refractivity contribution in [1.82, 2.24) is 25.6 Å². The molecular formula is C37H72N8. The summed E-state index contributed by atoms with van der Waals surface area (Å²) in [6.45, 7) is 32.1. The largest absolute Gasteiger partial charge is 0.349 e. The number of hydrogen-bond acceptors (Lipinski definition) is 8. The van der Waals surface area contributed by atoms with E-state index in [0.29, 0.717) is 12.1 Å². The van der Waals surface area contributed by atoms with E-state index in [9.17, 15) is 0 Å². The van der Waals surface area contributed by atoms with Crippen LogP contribution in [0.15, 0.2) is 0 Å². The van der Waals surface area contributed by atoms with Crippen molar-refractivity contribution in [1.29, 1.82) is 0 Å². The Kier molecular flexibility index (Phi) is 12.6. The molecule has 260 valence electrons. The summed E-state index contributed by atoms with van der Waals surface area (Å²) in [6.07, 6.45) is 13.5. The fraction of sp³-hybridized carbons (Fsp3) is 0.919. The fourth-order valence-corrected chi connectivity index (χ4v) is 8.38. The van der Waals surface area contributed by atoms with Crippen LogP contribution in [0.2, 0.25) is 0 Å². The highest BCUT2D eigenvalue weighted by Crippen LogP contribution is 2.36. The van der Waals surface area contributed by atoms with Gasteiger partial charge in [0.25, 0.3) is 0 Å². The van der Waals surface area contributed by atoms with Gasteiger partial charge in [-0.05, 0) is 114 Å². The molecule has 8 heteroatoms. The zero-order chi connectivity index (χ0) is 33.7. The van der Waals surface area contributed by atoms with Crippen molar-refractivity contribution in [3.8, 4) is 0 Å². The zero-order valence-corrected chi connectivity index (χ0v) is 31.8. The normalized spacial score (nSPS) is 21.4. The van der Waals surface area contributed by atoms with E-state index in [0.717, 1.165) is 88.7 Å². The van der Waals surface area contributed by atoms with Gasteiger partial charge in [-0.2, -0.15) is 15.0 Å². The van der Waals surface area contributed by atoms with E-state index in [1.54, 1.807) is 0 Å². The van der Waals surface area contributed by atoms with E-state index in [1.165, 1.54) is 19.3 Å². The number of rotatable bonds is 16. The molecule has 0 aromatic carbocycles. The maximum absolute atomic E-state index is 5.44. The summed E-state index contributed by atoms with van der Waals surface area (Å²) in [5.41, 5.74) is 0.0388. The molecule has 0 amide bonds. The van der Waals surface area contributed by atoms with Crippen molar-refractivity contribution in [2.75, 3.05) is 28.2 Å². The molecule has 2 saturated heterocycles. The second kappa shape index (κ2) is 15.0. The smallest absolute Gasteiger partial charge is 0.232 e. The lowest BCUT2D eigenvalue weighted by Crippen LogP contribution is -2.63. The molecule has 0 atom stereocenters. The summed E-state index contributed by atoms with van der Waals surface area (Å²) in [6, 6.07) is 0.702. The molecule has 3 heterocycles. The maximum atomic E-state index is 5.44. The average molecular weight is 629 g/mol. The number of aromatic nitrogens is 3. The molecule has 0 spiro atoms. The lowest BCUT2D eigenvalue weighted by atomic mass is 9.79. The van der Waals surface area contributed by atoms with Crippen LogP contribution in [0, 0.1) is 0 Å². The summed E-state index contributed by atoms with van der Waals surface area (Å²) in [7, 11) is 0. The Bertz CT molecular complexity index is 962. The molecule has 0 bridgehead atoms. The van der Waals surface area contributed by atoms with Gasteiger partial charge in [-0.15, -0.1) is 0 Å². The van der Waals surface area contributed by atoms with E-state index < -0.39 is 0 Å². The molecular weight excluding hydrogens is 556 g/mol. The van der Waals surface area contributed by atoms with Crippen LogP contribution in [-0.4, -0.2) is 67.8 Å². The van der Waals surface area contributed by atoms with E-state index in [-0.39, 0.29) is 27.7 Å². The van der Waals surface area contributed by atoms with Crippen molar-refractivity contribution in [3.63, 3.8) is 0 Å². The highest BCUT2D eigenvalue weighted by atomic mass is 15.4. The summed E-state index contributed by atoms with van der Waals surface area (Å²) in [4.78, 5) is 21.1. The average Bonchev–Trinajstić information content (AvgIpc) is 2.85. The van der Waals surface area contributed by atoms with Crippen LogP contribution in [0.1, 0.15) is 167 Å². The summed E-state index contributed by atoms with van der Waals surface area (Å²) in [5, 5.41) is 11.6. The molecule has 0 saturated carbocycles. The number of nitrogens with zero attached hydrogens (tertiary/aromatic N) is 5. The van der Waals surface area contributed by atoms with Gasteiger partial charge in [0.1, 0.15) is 0 Å². The minimum absolute atomic E-state index is 0.0362. The van der Waals surface area contributed by atoms with Gasteiger partial charge in [0.15, 0.2) is 0 Å². The van der Waals surface area contributed by atoms with E-state index in [4.69, 9.17) is 15.0 Å². The first-order chi connectivity index (χ1) is 20.8. The number of hydrogen-bond donors (Lipinski definition) is 3. The first-order valence-corrected chi connectivity index (χ1v) is 18.5. The van der Waals surface area contributed by atoms with Gasteiger partial charge in [0, 0.05) is 52.9 Å². The van der Waals surface area contributed by atoms with Crippen molar-refractivity contribution < 1.29 is 0 Å². The van der Waals surface area contributed by atoms with Crippen molar-refractivity contribution in [3.05, 3.63) is 0 Å². The van der Waals surface area contributed by atoms with Crippen molar-refractivity contribution >= 4 is 17.8 Å².